The molecule has 0 spiro atoms. The molecule has 2 atom stereocenters. The van der Waals surface area contributed by atoms with Crippen molar-refractivity contribution < 1.29 is 27.4 Å². The second kappa shape index (κ2) is 10.1. The molecular weight excluding hydrogens is 527 g/mol. The predicted octanol–water partition coefficient (Wildman–Crippen LogP) is 3.23. The first-order valence-electron chi connectivity index (χ1n) is 13.6. The van der Waals surface area contributed by atoms with Gasteiger partial charge in [-0.2, -0.15) is 15.1 Å². The number of aromatic nitrogens is 4. The Hall–Kier alpha value is -3.61. The maximum Gasteiger partial charge on any atom is 0.319 e. The average Bonchev–Trinajstić information content (AvgIpc) is 3.58. The first-order chi connectivity index (χ1) is 19.2. The summed E-state index contributed by atoms with van der Waals surface area (Å²) in [5.74, 6) is -1.96. The van der Waals surface area contributed by atoms with Gasteiger partial charge in [-0.25, -0.2) is 13.2 Å². The summed E-state index contributed by atoms with van der Waals surface area (Å²) in [7, 11) is 1.30. The number of carbonyl (C=O) groups is 1. The van der Waals surface area contributed by atoms with E-state index in [0.717, 1.165) is 31.1 Å². The number of alkyl halides is 1. The Morgan fingerprint density at radius 3 is 2.80 bits per heavy atom. The van der Waals surface area contributed by atoms with Gasteiger partial charge >= 0.3 is 6.01 Å². The second-order valence-electron chi connectivity index (χ2n) is 11.1. The molecule has 0 unspecified atom stereocenters. The molecule has 0 radical (unpaired) electrons. The van der Waals surface area contributed by atoms with Crippen molar-refractivity contribution in [3.05, 3.63) is 35.2 Å². The van der Waals surface area contributed by atoms with Gasteiger partial charge in [0, 0.05) is 31.6 Å². The van der Waals surface area contributed by atoms with Crippen LogP contribution in [0.2, 0.25) is 0 Å². The summed E-state index contributed by atoms with van der Waals surface area (Å²) >= 11 is 0. The molecule has 6 rings (SSSR count). The molecule has 1 aromatic carbocycles. The van der Waals surface area contributed by atoms with Crippen molar-refractivity contribution >= 4 is 22.6 Å². The SMILES string of the molecule is COc1c(F)cc(F)c2nc(OC[C@@]34CCCN3C[C@H](F)C4)nc(N3CCn4nc(C(=O)NC(C)C)cc4C3)c12. The zero-order valence-electron chi connectivity index (χ0n) is 22.7. The Balaban J connectivity index is 1.36. The van der Waals surface area contributed by atoms with Crippen LogP contribution < -0.4 is 19.7 Å². The lowest BCUT2D eigenvalue weighted by Crippen LogP contribution is -2.43. The first-order valence-corrected chi connectivity index (χ1v) is 13.6. The highest BCUT2D eigenvalue weighted by Crippen LogP contribution is 2.42. The molecule has 3 aromatic rings. The maximum absolute atomic E-state index is 15.2. The number of ether oxygens (including phenoxy) is 2. The number of hydrogen-bond acceptors (Lipinski definition) is 8. The number of halogens is 3. The number of fused-ring (bicyclic) bond motifs is 3. The summed E-state index contributed by atoms with van der Waals surface area (Å²) in [6, 6.07) is 2.32. The zero-order chi connectivity index (χ0) is 28.2. The molecule has 2 saturated heterocycles. The standard InChI is InChI=1S/C27H32F3N7O3/c1-15(2)31-25(38)20-9-17-13-35(7-8-37(17)34-20)24-21-22(18(29)10-19(30)23(21)39-3)32-26(33-24)40-14-27-5-4-6-36(27)12-16(28)11-27/h9-10,15-16H,4-8,11-14H2,1-3H3,(H,31,38)/t16-,27+/m1/s1. The Morgan fingerprint density at radius 2 is 2.02 bits per heavy atom. The highest BCUT2D eigenvalue weighted by molar-refractivity contribution is 5.96. The van der Waals surface area contributed by atoms with Crippen LogP contribution >= 0.6 is 0 Å². The molecule has 0 saturated carbocycles. The van der Waals surface area contributed by atoms with E-state index in [4.69, 9.17) is 9.47 Å². The molecule has 214 valence electrons. The number of carbonyl (C=O) groups excluding carboxylic acids is 1. The van der Waals surface area contributed by atoms with E-state index in [-0.39, 0.29) is 53.6 Å². The zero-order valence-corrected chi connectivity index (χ0v) is 22.7. The Bertz CT molecular complexity index is 1470. The summed E-state index contributed by atoms with van der Waals surface area (Å²) in [5.41, 5.74) is 0.456. The van der Waals surface area contributed by atoms with Crippen molar-refractivity contribution in [3.63, 3.8) is 0 Å². The number of nitrogens with zero attached hydrogens (tertiary/aromatic N) is 6. The van der Waals surface area contributed by atoms with Crippen LogP contribution in [-0.4, -0.2) is 81.7 Å². The summed E-state index contributed by atoms with van der Waals surface area (Å²) in [6.07, 6.45) is 1.18. The number of nitrogens with one attached hydrogen (secondary N) is 1. The van der Waals surface area contributed by atoms with Gasteiger partial charge in [0.25, 0.3) is 5.91 Å². The van der Waals surface area contributed by atoms with Gasteiger partial charge in [0.05, 0.1) is 36.8 Å². The molecule has 1 amide bonds. The Morgan fingerprint density at radius 1 is 1.20 bits per heavy atom. The number of rotatable bonds is 7. The van der Waals surface area contributed by atoms with E-state index in [1.807, 2.05) is 18.7 Å². The fraction of sp³-hybridized carbons (Fsp3) is 0.556. The summed E-state index contributed by atoms with van der Waals surface area (Å²) in [6.45, 7) is 6.17. The van der Waals surface area contributed by atoms with E-state index >= 15 is 4.39 Å². The second-order valence-corrected chi connectivity index (χ2v) is 11.1. The van der Waals surface area contributed by atoms with Gasteiger partial charge in [-0.05, 0) is 39.3 Å². The smallest absolute Gasteiger partial charge is 0.319 e. The fourth-order valence-electron chi connectivity index (χ4n) is 6.21. The summed E-state index contributed by atoms with van der Waals surface area (Å²) < 4.78 is 57.4. The largest absolute Gasteiger partial charge is 0.493 e. The molecule has 0 aliphatic carbocycles. The highest BCUT2D eigenvalue weighted by atomic mass is 19.1. The van der Waals surface area contributed by atoms with Crippen LogP contribution in [0.15, 0.2) is 12.1 Å². The number of anilines is 1. The van der Waals surface area contributed by atoms with Crippen LogP contribution in [0.25, 0.3) is 10.9 Å². The molecule has 10 nitrogen and oxygen atoms in total. The maximum atomic E-state index is 15.2. The molecular formula is C27H32F3N7O3. The van der Waals surface area contributed by atoms with Crippen LogP contribution in [0.3, 0.4) is 0 Å². The van der Waals surface area contributed by atoms with Crippen molar-refractivity contribution in [3.8, 4) is 11.8 Å². The van der Waals surface area contributed by atoms with E-state index in [9.17, 15) is 13.6 Å². The predicted molar refractivity (Wildman–Crippen MR) is 140 cm³/mol. The Kier molecular flexibility index (Phi) is 6.71. The molecule has 3 aliphatic heterocycles. The van der Waals surface area contributed by atoms with Gasteiger partial charge in [0.1, 0.15) is 24.1 Å². The topological polar surface area (TPSA) is 97.6 Å². The summed E-state index contributed by atoms with van der Waals surface area (Å²) in [5, 5.41) is 7.34. The number of hydrogen-bond donors (Lipinski definition) is 1. The van der Waals surface area contributed by atoms with E-state index < -0.39 is 23.3 Å². The third-order valence-corrected chi connectivity index (χ3v) is 7.98. The van der Waals surface area contributed by atoms with Gasteiger partial charge in [0.15, 0.2) is 23.1 Å². The van der Waals surface area contributed by atoms with Crippen molar-refractivity contribution in [2.45, 2.75) is 64.0 Å². The van der Waals surface area contributed by atoms with Crippen molar-refractivity contribution in [2.24, 2.45) is 0 Å². The molecule has 40 heavy (non-hydrogen) atoms. The monoisotopic (exact) mass is 559 g/mol. The van der Waals surface area contributed by atoms with Crippen LogP contribution in [0.5, 0.6) is 11.8 Å². The van der Waals surface area contributed by atoms with Crippen molar-refractivity contribution in [1.29, 1.82) is 0 Å². The molecule has 0 bridgehead atoms. The molecule has 13 heteroatoms. The molecule has 1 N–H and O–H groups in total. The van der Waals surface area contributed by atoms with E-state index in [2.05, 4.69) is 25.3 Å². The number of methoxy groups -OCH3 is 1. The quantitative estimate of drug-likeness (QED) is 0.472. The Labute approximate surface area is 229 Å². The van der Waals surface area contributed by atoms with Crippen LogP contribution in [0, 0.1) is 11.6 Å². The van der Waals surface area contributed by atoms with Gasteiger partial charge in [0.2, 0.25) is 0 Å². The minimum atomic E-state index is -0.924. The van der Waals surface area contributed by atoms with Gasteiger partial charge in [-0.15, -0.1) is 0 Å². The molecule has 2 fully saturated rings. The average molecular weight is 560 g/mol. The molecule has 3 aliphatic rings. The number of amides is 1. The summed E-state index contributed by atoms with van der Waals surface area (Å²) in [4.78, 5) is 25.4. The lowest BCUT2D eigenvalue weighted by atomic mass is 9.95. The van der Waals surface area contributed by atoms with Crippen LogP contribution in [-0.2, 0) is 13.1 Å². The van der Waals surface area contributed by atoms with E-state index in [0.29, 0.717) is 31.7 Å². The minimum absolute atomic E-state index is 0.0401. The molecule has 5 heterocycles. The van der Waals surface area contributed by atoms with E-state index in [1.165, 1.54) is 7.11 Å². The lowest BCUT2D eigenvalue weighted by molar-refractivity contribution is 0.0937. The highest BCUT2D eigenvalue weighted by Gasteiger charge is 2.49. The third-order valence-electron chi connectivity index (χ3n) is 7.98. The van der Waals surface area contributed by atoms with Crippen LogP contribution in [0.4, 0.5) is 19.0 Å². The molecule has 2 aromatic heterocycles. The van der Waals surface area contributed by atoms with Gasteiger partial charge in [-0.1, -0.05) is 0 Å². The van der Waals surface area contributed by atoms with Crippen molar-refractivity contribution in [1.82, 2.24) is 30.0 Å². The van der Waals surface area contributed by atoms with Gasteiger partial charge in [-0.3, -0.25) is 14.4 Å². The normalized spacial score (nSPS) is 22.6. The first kappa shape index (κ1) is 26.6. The third kappa shape index (κ3) is 4.59. The van der Waals surface area contributed by atoms with E-state index in [1.54, 1.807) is 10.7 Å². The fourth-order valence-corrected chi connectivity index (χ4v) is 6.21. The van der Waals surface area contributed by atoms with Gasteiger partial charge < -0.3 is 19.7 Å². The number of benzene rings is 1. The lowest BCUT2D eigenvalue weighted by Gasteiger charge is -2.32. The van der Waals surface area contributed by atoms with Crippen LogP contribution in [0.1, 0.15) is 49.3 Å². The minimum Gasteiger partial charge on any atom is -0.493 e. The van der Waals surface area contributed by atoms with Crippen molar-refractivity contribution in [2.75, 3.05) is 38.3 Å².